The maximum atomic E-state index is 5.75. The summed E-state index contributed by atoms with van der Waals surface area (Å²) in [7, 11) is 0. The largest absolute Gasteiger partial charge is 0.377 e. The van der Waals surface area contributed by atoms with Gasteiger partial charge in [0.05, 0.1) is 13.2 Å². The SMILES string of the molecule is C/C=C\COCC1CCC(CC[C@H]2CC[C@H](COC/C=C\C)CC2)CC1. The molecule has 2 aliphatic rings. The van der Waals surface area contributed by atoms with Gasteiger partial charge in [0.2, 0.25) is 0 Å². The van der Waals surface area contributed by atoms with Crippen molar-refractivity contribution in [3.63, 3.8) is 0 Å². The van der Waals surface area contributed by atoms with E-state index < -0.39 is 0 Å². The normalized spacial score (nSPS) is 30.4. The second kappa shape index (κ2) is 13.6. The van der Waals surface area contributed by atoms with Crippen LogP contribution in [0, 0.1) is 23.7 Å². The Balaban J connectivity index is 1.49. The molecule has 2 rings (SSSR count). The van der Waals surface area contributed by atoms with E-state index in [1.165, 1.54) is 64.2 Å². The van der Waals surface area contributed by atoms with E-state index in [0.29, 0.717) is 0 Å². The highest BCUT2D eigenvalue weighted by Gasteiger charge is 2.24. The lowest BCUT2D eigenvalue weighted by Crippen LogP contribution is -2.21. The molecule has 0 heterocycles. The second-order valence-electron chi connectivity index (χ2n) is 8.56. The van der Waals surface area contributed by atoms with Crippen molar-refractivity contribution < 1.29 is 9.47 Å². The number of rotatable bonds is 11. The van der Waals surface area contributed by atoms with Crippen LogP contribution in [0.25, 0.3) is 0 Å². The van der Waals surface area contributed by atoms with E-state index in [9.17, 15) is 0 Å². The van der Waals surface area contributed by atoms with Gasteiger partial charge in [0.15, 0.2) is 0 Å². The average Bonchev–Trinajstić information content (AvgIpc) is 2.69. The predicted octanol–water partition coefficient (Wildman–Crippen LogP) is 6.56. The lowest BCUT2D eigenvalue weighted by atomic mass is 9.76. The highest BCUT2D eigenvalue weighted by Crippen LogP contribution is 2.36. The van der Waals surface area contributed by atoms with Crippen LogP contribution >= 0.6 is 0 Å². The van der Waals surface area contributed by atoms with Crippen LogP contribution in [0.15, 0.2) is 24.3 Å². The monoisotopic (exact) mass is 362 g/mol. The molecule has 0 spiro atoms. The van der Waals surface area contributed by atoms with Crippen molar-refractivity contribution in [1.29, 1.82) is 0 Å². The smallest absolute Gasteiger partial charge is 0.0647 e. The van der Waals surface area contributed by atoms with Crippen molar-refractivity contribution >= 4 is 0 Å². The van der Waals surface area contributed by atoms with Gasteiger partial charge in [-0.05, 0) is 63.2 Å². The molecule has 0 atom stereocenters. The summed E-state index contributed by atoms with van der Waals surface area (Å²) in [6, 6.07) is 0. The third-order valence-corrected chi connectivity index (χ3v) is 6.52. The van der Waals surface area contributed by atoms with Crippen molar-refractivity contribution in [2.24, 2.45) is 23.7 Å². The fourth-order valence-corrected chi connectivity index (χ4v) is 4.64. The van der Waals surface area contributed by atoms with E-state index in [4.69, 9.17) is 9.47 Å². The molecule has 2 fully saturated rings. The van der Waals surface area contributed by atoms with Gasteiger partial charge in [0.25, 0.3) is 0 Å². The molecule has 2 heteroatoms. The first-order chi connectivity index (χ1) is 12.8. The summed E-state index contributed by atoms with van der Waals surface area (Å²) in [5.41, 5.74) is 0. The fourth-order valence-electron chi connectivity index (χ4n) is 4.64. The molecule has 0 amide bonds. The quantitative estimate of drug-likeness (QED) is 0.306. The summed E-state index contributed by atoms with van der Waals surface area (Å²) >= 11 is 0. The highest BCUT2D eigenvalue weighted by molar-refractivity contribution is 4.79. The maximum absolute atomic E-state index is 5.75. The van der Waals surface area contributed by atoms with Crippen LogP contribution in [0.1, 0.15) is 78.1 Å². The van der Waals surface area contributed by atoms with Crippen molar-refractivity contribution in [3.05, 3.63) is 24.3 Å². The standard InChI is InChI=1S/C24H42O2/c1-3-5-17-25-19-23-13-9-21(10-14-23)7-8-22-11-15-24(16-12-22)20-26-18-6-4-2/h3-6,21-24H,7-20H2,1-2H3/b5-3-,6-4-/t21-,22?,23-,24?. The number of hydrogen-bond donors (Lipinski definition) is 0. The van der Waals surface area contributed by atoms with Crippen LogP contribution in [0.2, 0.25) is 0 Å². The Hall–Kier alpha value is -0.600. The Morgan fingerprint density at radius 1 is 0.577 bits per heavy atom. The molecule has 150 valence electrons. The summed E-state index contributed by atoms with van der Waals surface area (Å²) < 4.78 is 11.5. The van der Waals surface area contributed by atoms with Gasteiger partial charge in [-0.3, -0.25) is 0 Å². The first kappa shape index (κ1) is 21.7. The Kier molecular flexibility index (Phi) is 11.3. The van der Waals surface area contributed by atoms with E-state index in [2.05, 4.69) is 38.2 Å². The molecule has 0 aliphatic heterocycles. The summed E-state index contributed by atoms with van der Waals surface area (Å²) in [6.45, 7) is 7.63. The van der Waals surface area contributed by atoms with E-state index in [1.54, 1.807) is 0 Å². The molecule has 0 aromatic rings. The predicted molar refractivity (Wildman–Crippen MR) is 111 cm³/mol. The number of hydrogen-bond acceptors (Lipinski definition) is 2. The molecule has 0 bridgehead atoms. The van der Waals surface area contributed by atoms with Gasteiger partial charge in [-0.25, -0.2) is 0 Å². The molecule has 0 unspecified atom stereocenters. The fraction of sp³-hybridized carbons (Fsp3) is 0.833. The lowest BCUT2D eigenvalue weighted by Gasteiger charge is -2.31. The van der Waals surface area contributed by atoms with E-state index in [-0.39, 0.29) is 0 Å². The van der Waals surface area contributed by atoms with Crippen LogP contribution in [-0.4, -0.2) is 26.4 Å². The zero-order chi connectivity index (χ0) is 18.5. The first-order valence-corrected chi connectivity index (χ1v) is 11.2. The van der Waals surface area contributed by atoms with Crippen molar-refractivity contribution in [3.8, 4) is 0 Å². The van der Waals surface area contributed by atoms with Crippen molar-refractivity contribution in [2.75, 3.05) is 26.4 Å². The zero-order valence-electron chi connectivity index (χ0n) is 17.3. The molecular formula is C24H42O2. The summed E-state index contributed by atoms with van der Waals surface area (Å²) in [4.78, 5) is 0. The van der Waals surface area contributed by atoms with Crippen LogP contribution in [0.5, 0.6) is 0 Å². The maximum Gasteiger partial charge on any atom is 0.0647 e. The molecule has 2 aliphatic carbocycles. The third-order valence-electron chi connectivity index (χ3n) is 6.52. The molecule has 0 aromatic heterocycles. The summed E-state index contributed by atoms with van der Waals surface area (Å²) in [6.07, 6.45) is 22.6. The molecule has 0 N–H and O–H groups in total. The summed E-state index contributed by atoms with van der Waals surface area (Å²) in [5.74, 6) is 3.61. The second-order valence-corrected chi connectivity index (χ2v) is 8.56. The molecule has 2 nitrogen and oxygen atoms in total. The van der Waals surface area contributed by atoms with Gasteiger partial charge in [-0.15, -0.1) is 0 Å². The minimum absolute atomic E-state index is 0.791. The molecule has 26 heavy (non-hydrogen) atoms. The Bertz CT molecular complexity index is 347. The molecule has 2 saturated carbocycles. The van der Waals surface area contributed by atoms with E-state index >= 15 is 0 Å². The third kappa shape index (κ3) is 8.86. The number of allylic oxidation sites excluding steroid dienone is 2. The highest BCUT2D eigenvalue weighted by atomic mass is 16.5. The molecule has 0 radical (unpaired) electrons. The van der Waals surface area contributed by atoms with Crippen molar-refractivity contribution in [1.82, 2.24) is 0 Å². The minimum atomic E-state index is 0.791. The Labute approximate surface area is 162 Å². The van der Waals surface area contributed by atoms with Crippen molar-refractivity contribution in [2.45, 2.75) is 78.1 Å². The van der Waals surface area contributed by atoms with Crippen LogP contribution < -0.4 is 0 Å². The minimum Gasteiger partial charge on any atom is -0.377 e. The van der Waals surface area contributed by atoms with Crippen LogP contribution in [0.4, 0.5) is 0 Å². The Morgan fingerprint density at radius 3 is 1.27 bits per heavy atom. The first-order valence-electron chi connectivity index (χ1n) is 11.2. The lowest BCUT2D eigenvalue weighted by molar-refractivity contribution is 0.0877. The average molecular weight is 363 g/mol. The van der Waals surface area contributed by atoms with E-state index in [1.807, 2.05) is 0 Å². The van der Waals surface area contributed by atoms with Gasteiger partial charge < -0.3 is 9.47 Å². The van der Waals surface area contributed by atoms with Crippen LogP contribution in [-0.2, 0) is 9.47 Å². The Morgan fingerprint density at radius 2 is 0.923 bits per heavy atom. The molecular weight excluding hydrogens is 320 g/mol. The number of ether oxygens (including phenoxy) is 2. The van der Waals surface area contributed by atoms with Gasteiger partial charge in [0.1, 0.15) is 0 Å². The van der Waals surface area contributed by atoms with Gasteiger partial charge >= 0.3 is 0 Å². The van der Waals surface area contributed by atoms with Gasteiger partial charge in [-0.2, -0.15) is 0 Å². The van der Waals surface area contributed by atoms with Gasteiger partial charge in [-0.1, -0.05) is 62.8 Å². The van der Waals surface area contributed by atoms with E-state index in [0.717, 1.165) is 50.1 Å². The zero-order valence-corrected chi connectivity index (χ0v) is 17.3. The molecule has 0 aromatic carbocycles. The topological polar surface area (TPSA) is 18.5 Å². The summed E-state index contributed by atoms with van der Waals surface area (Å²) in [5, 5.41) is 0. The van der Waals surface area contributed by atoms with Crippen LogP contribution in [0.3, 0.4) is 0 Å². The van der Waals surface area contributed by atoms with Gasteiger partial charge in [0, 0.05) is 13.2 Å². The molecule has 0 saturated heterocycles.